The van der Waals surface area contributed by atoms with Gasteiger partial charge in [-0.3, -0.25) is 4.99 Å². The number of hydrogen-bond donors (Lipinski definition) is 2. The third-order valence-electron chi connectivity index (χ3n) is 4.72. The van der Waals surface area contributed by atoms with Gasteiger partial charge < -0.3 is 19.8 Å². The molecule has 2 N–H and O–H groups in total. The number of sulfonamides is 1. The second-order valence-electron chi connectivity index (χ2n) is 6.76. The van der Waals surface area contributed by atoms with Gasteiger partial charge in [0, 0.05) is 51.9 Å². The maximum atomic E-state index is 12.0. The van der Waals surface area contributed by atoms with Gasteiger partial charge in [0.05, 0.1) is 12.0 Å². The largest absolute Gasteiger partial charge is 0.469 e. The molecule has 0 bridgehead atoms. The molecule has 1 saturated heterocycles. The molecule has 9 heteroatoms. The summed E-state index contributed by atoms with van der Waals surface area (Å²) in [5.74, 6) is 1.85. The molecule has 1 fully saturated rings. The molecule has 28 heavy (non-hydrogen) atoms. The van der Waals surface area contributed by atoms with Gasteiger partial charge in [0.2, 0.25) is 10.0 Å². The van der Waals surface area contributed by atoms with E-state index in [0.717, 1.165) is 44.0 Å². The predicted octanol–water partition coefficient (Wildman–Crippen LogP) is 1.60. The van der Waals surface area contributed by atoms with Gasteiger partial charge in [0.1, 0.15) is 5.76 Å². The summed E-state index contributed by atoms with van der Waals surface area (Å²) in [6.07, 6.45) is 4.87. The minimum Gasteiger partial charge on any atom is -0.469 e. The lowest BCUT2D eigenvalue weighted by molar-refractivity contribution is 0.146. The van der Waals surface area contributed by atoms with Crippen molar-refractivity contribution in [3.63, 3.8) is 0 Å². The molecule has 0 spiro atoms. The Kier molecular flexibility index (Phi) is 9.80. The number of nitrogens with one attached hydrogen (secondary N) is 2. The minimum absolute atomic E-state index is 0.159. The lowest BCUT2D eigenvalue weighted by Crippen LogP contribution is -2.50. The zero-order valence-corrected chi connectivity index (χ0v) is 17.8. The summed E-state index contributed by atoms with van der Waals surface area (Å²) in [7, 11) is -3.10. The molecule has 0 unspecified atom stereocenters. The van der Waals surface area contributed by atoms with Crippen molar-refractivity contribution in [2.75, 3.05) is 45.1 Å². The van der Waals surface area contributed by atoms with Crippen molar-refractivity contribution in [1.82, 2.24) is 14.9 Å². The molecule has 0 saturated carbocycles. The van der Waals surface area contributed by atoms with E-state index >= 15 is 0 Å². The van der Waals surface area contributed by atoms with Crippen LogP contribution in [0.2, 0.25) is 0 Å². The second-order valence-corrected chi connectivity index (χ2v) is 9.01. The van der Waals surface area contributed by atoms with Crippen LogP contribution in [-0.4, -0.2) is 69.9 Å². The molecule has 1 aromatic heterocycles. The van der Waals surface area contributed by atoms with E-state index in [1.807, 2.05) is 19.1 Å². The number of hydrogen-bond acceptors (Lipinski definition) is 5. The van der Waals surface area contributed by atoms with E-state index in [1.165, 1.54) is 0 Å². The summed E-state index contributed by atoms with van der Waals surface area (Å²) in [5, 5.41) is 6.82. The normalized spacial score (nSPS) is 17.0. The Labute approximate surface area is 168 Å². The number of guanidine groups is 1. The van der Waals surface area contributed by atoms with Crippen LogP contribution in [0.5, 0.6) is 0 Å². The first-order chi connectivity index (χ1) is 13.5. The summed E-state index contributed by atoms with van der Waals surface area (Å²) in [4.78, 5) is 4.64. The first kappa shape index (κ1) is 22.7. The Morgan fingerprint density at radius 3 is 2.79 bits per heavy atom. The standard InChI is InChI=1S/C19H34N4O4S/c1-3-26-15-6-11-20-19(21-12-8-18-7-5-16-27-18)22-17-9-13-23(14-10-17)28(24,25)4-2/h5,7,16-17H,3-4,6,8-15H2,1-2H3,(H2,20,21,22). The predicted molar refractivity (Wildman–Crippen MR) is 111 cm³/mol. The van der Waals surface area contributed by atoms with Crippen LogP contribution in [0.15, 0.2) is 27.8 Å². The van der Waals surface area contributed by atoms with E-state index < -0.39 is 10.0 Å². The Morgan fingerprint density at radius 2 is 2.14 bits per heavy atom. The molecular formula is C19H34N4O4S. The van der Waals surface area contributed by atoms with Gasteiger partial charge in [-0.15, -0.1) is 0 Å². The Hall–Kier alpha value is -1.58. The molecule has 1 aromatic rings. The smallest absolute Gasteiger partial charge is 0.213 e. The average molecular weight is 415 g/mol. The minimum atomic E-state index is -3.10. The van der Waals surface area contributed by atoms with Crippen LogP contribution in [0.4, 0.5) is 0 Å². The van der Waals surface area contributed by atoms with Crippen molar-refractivity contribution in [3.8, 4) is 0 Å². The maximum absolute atomic E-state index is 12.0. The topological polar surface area (TPSA) is 96.2 Å². The molecule has 1 aliphatic rings. The molecule has 0 aliphatic carbocycles. The van der Waals surface area contributed by atoms with Crippen LogP contribution in [-0.2, 0) is 21.2 Å². The number of ether oxygens (including phenoxy) is 1. The number of rotatable bonds is 11. The molecule has 8 nitrogen and oxygen atoms in total. The van der Waals surface area contributed by atoms with E-state index in [2.05, 4.69) is 15.6 Å². The average Bonchev–Trinajstić information content (AvgIpc) is 3.21. The molecule has 2 rings (SSSR count). The molecule has 0 aromatic carbocycles. The maximum Gasteiger partial charge on any atom is 0.213 e. The second kappa shape index (κ2) is 12.1. The van der Waals surface area contributed by atoms with Crippen molar-refractivity contribution < 1.29 is 17.6 Å². The number of aliphatic imine (C=N–C) groups is 1. The molecule has 2 heterocycles. The molecule has 160 valence electrons. The Bertz CT molecular complexity index is 668. The Morgan fingerprint density at radius 1 is 1.36 bits per heavy atom. The summed E-state index contributed by atoms with van der Waals surface area (Å²) in [6.45, 7) is 7.60. The third kappa shape index (κ3) is 7.81. The van der Waals surface area contributed by atoms with Crippen LogP contribution in [0.1, 0.15) is 38.9 Å². The van der Waals surface area contributed by atoms with Crippen molar-refractivity contribution >= 4 is 16.0 Å². The van der Waals surface area contributed by atoms with Gasteiger partial charge in [-0.1, -0.05) is 0 Å². The highest BCUT2D eigenvalue weighted by Gasteiger charge is 2.27. The molecule has 0 amide bonds. The van der Waals surface area contributed by atoms with Crippen LogP contribution in [0, 0.1) is 0 Å². The Balaban J connectivity index is 1.83. The van der Waals surface area contributed by atoms with Gasteiger partial charge >= 0.3 is 0 Å². The number of furan rings is 1. The fourth-order valence-corrected chi connectivity index (χ4v) is 4.20. The summed E-state index contributed by atoms with van der Waals surface area (Å²) in [5.41, 5.74) is 0. The van der Waals surface area contributed by atoms with E-state index in [4.69, 9.17) is 9.15 Å². The van der Waals surface area contributed by atoms with Crippen LogP contribution in [0.3, 0.4) is 0 Å². The van der Waals surface area contributed by atoms with E-state index in [-0.39, 0.29) is 11.8 Å². The first-order valence-electron chi connectivity index (χ1n) is 10.2. The van der Waals surface area contributed by atoms with Crippen molar-refractivity contribution in [1.29, 1.82) is 0 Å². The molecule has 0 atom stereocenters. The monoisotopic (exact) mass is 414 g/mol. The molecular weight excluding hydrogens is 380 g/mol. The van der Waals surface area contributed by atoms with Crippen molar-refractivity contribution in [2.24, 2.45) is 4.99 Å². The highest BCUT2D eigenvalue weighted by Crippen LogP contribution is 2.14. The summed E-state index contributed by atoms with van der Waals surface area (Å²) >= 11 is 0. The van der Waals surface area contributed by atoms with E-state index in [0.29, 0.717) is 32.8 Å². The summed E-state index contributed by atoms with van der Waals surface area (Å²) < 4.78 is 36.3. The zero-order valence-electron chi connectivity index (χ0n) is 17.0. The van der Waals surface area contributed by atoms with Crippen LogP contribution in [0.25, 0.3) is 0 Å². The highest BCUT2D eigenvalue weighted by molar-refractivity contribution is 7.89. The third-order valence-corrected chi connectivity index (χ3v) is 6.60. The van der Waals surface area contributed by atoms with Gasteiger partial charge in [-0.05, 0) is 45.2 Å². The fraction of sp³-hybridized carbons (Fsp3) is 0.737. The van der Waals surface area contributed by atoms with Gasteiger partial charge in [-0.2, -0.15) is 0 Å². The summed E-state index contributed by atoms with van der Waals surface area (Å²) in [6, 6.07) is 4.05. The van der Waals surface area contributed by atoms with Gasteiger partial charge in [0.15, 0.2) is 5.96 Å². The quantitative estimate of drug-likeness (QED) is 0.324. The molecule has 0 radical (unpaired) electrons. The van der Waals surface area contributed by atoms with Crippen molar-refractivity contribution in [3.05, 3.63) is 24.2 Å². The fourth-order valence-electron chi connectivity index (χ4n) is 3.07. The van der Waals surface area contributed by atoms with E-state index in [1.54, 1.807) is 17.5 Å². The van der Waals surface area contributed by atoms with Gasteiger partial charge in [-0.25, -0.2) is 12.7 Å². The lowest BCUT2D eigenvalue weighted by Gasteiger charge is -2.32. The first-order valence-corrected chi connectivity index (χ1v) is 11.8. The highest BCUT2D eigenvalue weighted by atomic mass is 32.2. The number of nitrogens with zero attached hydrogens (tertiary/aromatic N) is 2. The van der Waals surface area contributed by atoms with Crippen LogP contribution < -0.4 is 10.6 Å². The van der Waals surface area contributed by atoms with E-state index in [9.17, 15) is 8.42 Å². The van der Waals surface area contributed by atoms with Gasteiger partial charge in [0.25, 0.3) is 0 Å². The lowest BCUT2D eigenvalue weighted by atomic mass is 10.1. The zero-order chi connectivity index (χ0) is 20.2. The number of piperidine rings is 1. The SMILES string of the molecule is CCOCCCN=C(NCCc1ccco1)NC1CCN(S(=O)(=O)CC)CC1. The molecule has 1 aliphatic heterocycles. The van der Waals surface area contributed by atoms with Crippen molar-refractivity contribution in [2.45, 2.75) is 45.6 Å². The van der Waals surface area contributed by atoms with Crippen LogP contribution >= 0.6 is 0 Å².